The molecule has 0 saturated carbocycles. The third-order valence-corrected chi connectivity index (χ3v) is 67.7. The Morgan fingerprint density at radius 2 is 0.500 bits per heavy atom. The highest BCUT2D eigenvalue weighted by atomic mass is 28.4. The van der Waals surface area contributed by atoms with E-state index in [0.717, 1.165) is 22.4 Å². The maximum Gasteiger partial charge on any atom is 0.297 e. The van der Waals surface area contributed by atoms with E-state index >= 15 is 0 Å². The Kier molecular flexibility index (Phi) is 25.1. The molecule has 0 bridgehead atoms. The van der Waals surface area contributed by atoms with E-state index < -0.39 is 64.6 Å². The molecule has 0 atom stereocenters. The second-order valence-corrected chi connectivity index (χ2v) is 95.0. The van der Waals surface area contributed by atoms with Gasteiger partial charge in [0.25, 0.3) is 22.6 Å². The second kappa shape index (κ2) is 35.4. The van der Waals surface area contributed by atoms with Crippen LogP contribution < -0.4 is 18.3 Å². The van der Waals surface area contributed by atoms with E-state index in [9.17, 15) is 0 Å². The average Bonchev–Trinajstić information content (AvgIpc) is 1.48. The van der Waals surface area contributed by atoms with Crippen LogP contribution in [0.1, 0.15) is 107 Å². The van der Waals surface area contributed by atoms with Crippen molar-refractivity contribution in [3.8, 4) is 11.3 Å². The minimum absolute atomic E-state index is 0.390. The summed E-state index contributed by atoms with van der Waals surface area (Å²) in [6.45, 7) is 81.3. The van der Waals surface area contributed by atoms with Crippen LogP contribution in [0.25, 0.3) is 165 Å². The Bertz CT molecular complexity index is 8600. The number of aromatic nitrogens is 12. The van der Waals surface area contributed by atoms with Crippen LogP contribution in [0.5, 0.6) is 0 Å². The molecule has 12 aromatic heterocycles. The lowest BCUT2D eigenvalue weighted by atomic mass is 9.96. The zero-order valence-corrected chi connectivity index (χ0v) is 99.0. The molecule has 0 radical (unpaired) electrons. The summed E-state index contributed by atoms with van der Waals surface area (Å²) in [6.07, 6.45) is 1.99. The van der Waals surface area contributed by atoms with Gasteiger partial charge in [-0.25, -0.2) is 23.3 Å². The van der Waals surface area contributed by atoms with E-state index in [-0.39, 0.29) is 0 Å². The highest BCUT2D eigenvalue weighted by Crippen LogP contribution is 2.50. The van der Waals surface area contributed by atoms with E-state index in [1.54, 1.807) is 0 Å². The third-order valence-electron chi connectivity index (χ3n) is 30.6. The van der Waals surface area contributed by atoms with Gasteiger partial charge in [0.15, 0.2) is 44.1 Å². The van der Waals surface area contributed by atoms with Crippen molar-refractivity contribution in [1.29, 1.82) is 0 Å². The summed E-state index contributed by atoms with van der Waals surface area (Å²) >= 11 is 0. The highest BCUT2D eigenvalue weighted by molar-refractivity contribution is 6.98. The lowest BCUT2D eigenvalue weighted by molar-refractivity contribution is -0.617. The number of hydrogen-bond acceptors (Lipinski definition) is 4. The molecular weight excluding hydrogens is 1830 g/mol. The van der Waals surface area contributed by atoms with E-state index in [1.165, 1.54) is 210 Å². The SMILES string of the molecule is Cc1cc(C(C)C)nc2c3c(C([Si](C)(C)C)[Si](C)(C)C)cccc3n3c4ccccc4[n+](C)c3c12.Cc1cc(C)c2c(n1)c1c(C([Si](C)(C)C)[Si](C)(C)C)cccc1n1c3ccccc3[n+](C)c21.Cc1cccc(C)c1-c1cc(C)c2c(n1)c1c(C([Si](C)(C)C)[Si](C)(C)C)cccc1n1c3ccccc3[n+](C)c21.Cc1ccnc2c3c(C([Si](C)(C)C)[Si](C)(C)C)cccc3n3c4ccccc4[n+](C)c3c12. The van der Waals surface area contributed by atoms with Crippen molar-refractivity contribution in [3.63, 3.8) is 0 Å². The van der Waals surface area contributed by atoms with E-state index in [0.29, 0.717) is 26.6 Å². The molecule has 12 nitrogen and oxygen atoms in total. The number of para-hydroxylation sites is 8. The van der Waals surface area contributed by atoms with Gasteiger partial charge in [-0.15, -0.1) is 0 Å². The summed E-state index contributed by atoms with van der Waals surface area (Å²) in [6, 6.07) is 78.9. The van der Waals surface area contributed by atoms with Gasteiger partial charge in [0.05, 0.1) is 99.0 Å². The maximum absolute atomic E-state index is 5.63. The molecule has 140 heavy (non-hydrogen) atoms. The number of nitrogens with zero attached hydrogens (tertiary/aromatic N) is 12. The van der Waals surface area contributed by atoms with Crippen LogP contribution in [0.2, 0.25) is 157 Å². The molecule has 0 N–H and O–H groups in total. The van der Waals surface area contributed by atoms with E-state index in [1.807, 2.05) is 6.20 Å². The van der Waals surface area contributed by atoms with Gasteiger partial charge in [0.1, 0.15) is 22.1 Å². The molecule has 0 unspecified atom stereocenters. The Hall–Kier alpha value is -10.8. The monoisotopic (exact) mass is 1990 g/mol. The van der Waals surface area contributed by atoms with Crippen molar-refractivity contribution in [3.05, 3.63) is 286 Å². The fourth-order valence-electron chi connectivity index (χ4n) is 27.5. The van der Waals surface area contributed by atoms with Crippen molar-refractivity contribution in [2.45, 2.75) is 246 Å². The summed E-state index contributed by atoms with van der Waals surface area (Å²) in [7, 11) is -3.32. The largest absolute Gasteiger partial charge is 0.297 e. The van der Waals surface area contributed by atoms with Crippen LogP contribution in [0, 0.1) is 48.5 Å². The van der Waals surface area contributed by atoms with Crippen LogP contribution in [-0.4, -0.2) is 102 Å². The van der Waals surface area contributed by atoms with Crippen molar-refractivity contribution in [2.24, 2.45) is 28.2 Å². The summed E-state index contributed by atoms with van der Waals surface area (Å²) in [5.41, 5.74) is 43.2. The molecule has 20 heteroatoms. The van der Waals surface area contributed by atoms with Gasteiger partial charge in [-0.2, -0.15) is 17.6 Å². The lowest BCUT2D eigenvalue weighted by Gasteiger charge is -2.39. The summed E-state index contributed by atoms with van der Waals surface area (Å²) < 4.78 is 19.4. The molecule has 9 aromatic carbocycles. The van der Waals surface area contributed by atoms with Crippen LogP contribution in [0.4, 0.5) is 0 Å². The van der Waals surface area contributed by atoms with Crippen LogP contribution >= 0.6 is 0 Å². The molecule has 21 aromatic rings. The van der Waals surface area contributed by atoms with Crippen molar-refractivity contribution < 1.29 is 18.3 Å². The van der Waals surface area contributed by atoms with Gasteiger partial charge in [0, 0.05) is 87.7 Å². The fourth-order valence-corrected chi connectivity index (χ4v) is 78.5. The van der Waals surface area contributed by atoms with Crippen LogP contribution in [-0.2, 0) is 28.2 Å². The molecule has 0 saturated heterocycles. The maximum atomic E-state index is 5.63. The van der Waals surface area contributed by atoms with Gasteiger partial charge in [-0.05, 0) is 228 Å². The van der Waals surface area contributed by atoms with Crippen molar-refractivity contribution >= 4 is 219 Å². The van der Waals surface area contributed by atoms with Gasteiger partial charge in [-0.1, -0.05) is 286 Å². The molecule has 21 rings (SSSR count). The minimum Gasteiger partial charge on any atom is -0.255 e. The quantitative estimate of drug-likeness (QED) is 0.0617. The molecule has 0 aliphatic rings. The average molecular weight is 1990 g/mol. The Labute approximate surface area is 838 Å². The van der Waals surface area contributed by atoms with E-state index in [2.05, 4.69) is 496 Å². The molecular formula is C120H152N12Si8+4. The first kappa shape index (κ1) is 99.3. The standard InChI is InChI=1S/C35H42N3Si2.C30H40N3Si2.C28H36N3Si2.C27H34N3Si2/c1-22-15-13-16-23(2)30(22)26-21-24(3)31-33(36-26)32-25(35(39(5,6)7)40(8,9)10)17-14-20-29(32)38-28-19-12-11-18-27(28)37(4)34(31)38;1-19(2)22-18-20(3)26-28(31-22)27-21(30(34(5,6)7)35(8,9)10)14-13-17-25(27)33-24-16-12-11-15-23(24)32(4)29(26)33;1-18-17-19(2)29-26-24(18)27-30(3)21-14-10-11-15-22(21)31(27)23-16-12-13-20(25(23)26)28(32(4,5)6)33(7,8)9;1-18-16-17-28-25-23(18)26-29(2)20-13-9-10-14-21(20)30(26)22-15-11-12-19(24(22)25)27(31(3,4)5)32(6,7)8/h11-21,35H,1-10H3;11-19,30H,1-10H3;10-17,28H,1-9H3;9-17,27H,1-8H3/q4*+1. The van der Waals surface area contributed by atoms with Crippen molar-refractivity contribution in [2.75, 3.05) is 0 Å². The number of rotatable bonds is 14. The Morgan fingerprint density at radius 3 is 0.807 bits per heavy atom. The molecule has 720 valence electrons. The molecule has 0 amide bonds. The van der Waals surface area contributed by atoms with Crippen LogP contribution in [0.3, 0.4) is 0 Å². The number of aryl methyl sites for hydroxylation is 11. The number of benzene rings is 9. The molecule has 0 aliphatic carbocycles. The topological polar surface area (TPSA) is 84.7 Å². The second-order valence-electron chi connectivity index (χ2n) is 50.2. The zero-order valence-electron chi connectivity index (χ0n) is 91.0. The smallest absolute Gasteiger partial charge is 0.255 e. The predicted molar refractivity (Wildman–Crippen MR) is 626 cm³/mol. The normalized spacial score (nSPS) is 13.2. The molecule has 0 spiro atoms. The molecule has 0 fully saturated rings. The third kappa shape index (κ3) is 16.6. The summed E-state index contributed by atoms with van der Waals surface area (Å²) in [4.78, 5) is 21.3. The first-order valence-electron chi connectivity index (χ1n) is 51.1. The minimum atomic E-state index is -1.57. The summed E-state index contributed by atoms with van der Waals surface area (Å²) in [5, 5.41) is 13.1. The molecule has 0 aliphatic heterocycles. The van der Waals surface area contributed by atoms with Crippen LogP contribution in [0.15, 0.2) is 219 Å². The zero-order chi connectivity index (χ0) is 101. The Morgan fingerprint density at radius 1 is 0.243 bits per heavy atom. The fraction of sp³-hybridized carbons (Fsp3) is 0.350. The number of fused-ring (bicyclic) bond motifs is 32. The van der Waals surface area contributed by atoms with Gasteiger partial charge in [0.2, 0.25) is 0 Å². The number of hydrogen-bond donors (Lipinski definition) is 0. The lowest BCUT2D eigenvalue weighted by Crippen LogP contribution is -2.46. The predicted octanol–water partition coefficient (Wildman–Crippen LogP) is 30.8. The summed E-state index contributed by atoms with van der Waals surface area (Å²) in [5.74, 6) is 0.390. The number of pyridine rings is 8. The van der Waals surface area contributed by atoms with E-state index in [4.69, 9.17) is 19.9 Å². The first-order valence-corrected chi connectivity index (χ1v) is 79.7. The van der Waals surface area contributed by atoms with Gasteiger partial charge in [-0.3, -0.25) is 15.0 Å². The molecule has 12 heterocycles. The Balaban J connectivity index is 0.000000124. The first-order chi connectivity index (χ1) is 65.5. The highest BCUT2D eigenvalue weighted by Gasteiger charge is 2.47. The van der Waals surface area contributed by atoms with Gasteiger partial charge < -0.3 is 0 Å². The van der Waals surface area contributed by atoms with Gasteiger partial charge >= 0.3 is 0 Å². The number of imidazole rings is 4. The van der Waals surface area contributed by atoms with Crippen molar-refractivity contribution in [1.82, 2.24) is 37.5 Å².